The Balaban J connectivity index is 3.11. The summed E-state index contributed by atoms with van der Waals surface area (Å²) in [6, 6.07) is 0. The van der Waals surface area contributed by atoms with Gasteiger partial charge in [0.2, 0.25) is 5.91 Å². The zero-order valence-electron chi connectivity index (χ0n) is 11.9. The Labute approximate surface area is 116 Å². The molecule has 0 aromatic rings. The fourth-order valence-corrected chi connectivity index (χ4v) is 2.95. The van der Waals surface area contributed by atoms with E-state index in [0.717, 1.165) is 12.1 Å². The molecular formula is C15H24ClNO. The Bertz CT molecular complexity index is 371. The number of allylic oxidation sites excluding steroid dienone is 2. The number of carbonyl (C=O) groups is 1. The molecule has 2 nitrogen and oxygen atoms in total. The van der Waals surface area contributed by atoms with E-state index < -0.39 is 0 Å². The molecule has 1 unspecified atom stereocenters. The predicted octanol–water partition coefficient (Wildman–Crippen LogP) is 3.97. The summed E-state index contributed by atoms with van der Waals surface area (Å²) in [7, 11) is 0. The fraction of sp³-hybridized carbons (Fsp3) is 0.667. The summed E-state index contributed by atoms with van der Waals surface area (Å²) in [5.74, 6) is 0.509. The van der Waals surface area contributed by atoms with E-state index in [1.165, 1.54) is 12.0 Å². The number of carbonyl (C=O) groups excluding carboxylic acids is 1. The molecule has 0 saturated carbocycles. The molecular weight excluding hydrogens is 246 g/mol. The van der Waals surface area contributed by atoms with Crippen LogP contribution in [0.3, 0.4) is 0 Å². The molecule has 1 aliphatic carbocycles. The van der Waals surface area contributed by atoms with Crippen LogP contribution < -0.4 is 0 Å². The van der Waals surface area contributed by atoms with Crippen LogP contribution in [0.5, 0.6) is 0 Å². The fourth-order valence-electron chi connectivity index (χ4n) is 2.80. The summed E-state index contributed by atoms with van der Waals surface area (Å²) in [5, 5.41) is 0. The molecule has 0 bridgehead atoms. The maximum atomic E-state index is 12.0. The van der Waals surface area contributed by atoms with E-state index in [1.807, 2.05) is 0 Å². The molecule has 0 aromatic heterocycles. The number of alkyl halides is 1. The molecule has 1 amide bonds. The number of halogens is 1. The first-order chi connectivity index (χ1) is 8.32. The third kappa shape index (κ3) is 3.38. The lowest BCUT2D eigenvalue weighted by Gasteiger charge is -2.40. The SMILES string of the molecule is C=CCN(C(=O)CCl)C1=C(C)C(C)CC(C)(C)C1. The highest BCUT2D eigenvalue weighted by Crippen LogP contribution is 2.42. The van der Waals surface area contributed by atoms with Crippen LogP contribution in [0.15, 0.2) is 23.9 Å². The molecule has 0 heterocycles. The van der Waals surface area contributed by atoms with Crippen molar-refractivity contribution in [3.63, 3.8) is 0 Å². The van der Waals surface area contributed by atoms with Crippen molar-refractivity contribution in [2.45, 2.75) is 40.5 Å². The quantitative estimate of drug-likeness (QED) is 0.559. The monoisotopic (exact) mass is 269 g/mol. The van der Waals surface area contributed by atoms with E-state index in [1.54, 1.807) is 11.0 Å². The molecule has 0 aliphatic heterocycles. The van der Waals surface area contributed by atoms with Crippen LogP contribution in [0.25, 0.3) is 0 Å². The normalized spacial score (nSPS) is 22.8. The van der Waals surface area contributed by atoms with Gasteiger partial charge in [-0.2, -0.15) is 0 Å². The van der Waals surface area contributed by atoms with Gasteiger partial charge in [-0.3, -0.25) is 4.79 Å². The molecule has 3 heteroatoms. The number of hydrogen-bond acceptors (Lipinski definition) is 1. The first-order valence-electron chi connectivity index (χ1n) is 6.49. The lowest BCUT2D eigenvalue weighted by Crippen LogP contribution is -2.37. The van der Waals surface area contributed by atoms with E-state index in [0.29, 0.717) is 12.5 Å². The highest BCUT2D eigenvalue weighted by molar-refractivity contribution is 6.27. The van der Waals surface area contributed by atoms with Crippen molar-refractivity contribution in [1.29, 1.82) is 0 Å². The highest BCUT2D eigenvalue weighted by Gasteiger charge is 2.33. The van der Waals surface area contributed by atoms with Crippen LogP contribution in [0.2, 0.25) is 0 Å². The number of nitrogens with zero attached hydrogens (tertiary/aromatic N) is 1. The van der Waals surface area contributed by atoms with Gasteiger partial charge in [0.15, 0.2) is 0 Å². The maximum Gasteiger partial charge on any atom is 0.241 e. The molecule has 102 valence electrons. The van der Waals surface area contributed by atoms with Gasteiger partial charge in [0, 0.05) is 12.2 Å². The van der Waals surface area contributed by atoms with E-state index in [4.69, 9.17) is 11.6 Å². The van der Waals surface area contributed by atoms with Crippen LogP contribution in [0, 0.1) is 11.3 Å². The molecule has 0 radical (unpaired) electrons. The van der Waals surface area contributed by atoms with Gasteiger partial charge in [0.25, 0.3) is 0 Å². The van der Waals surface area contributed by atoms with Gasteiger partial charge >= 0.3 is 0 Å². The minimum absolute atomic E-state index is 0.0272. The summed E-state index contributed by atoms with van der Waals surface area (Å²) in [4.78, 5) is 13.8. The average molecular weight is 270 g/mol. The summed E-state index contributed by atoms with van der Waals surface area (Å²) in [6.45, 7) is 13.2. The molecule has 0 saturated heterocycles. The number of hydrogen-bond donors (Lipinski definition) is 0. The minimum atomic E-state index is -0.0317. The summed E-state index contributed by atoms with van der Waals surface area (Å²) >= 11 is 5.71. The Kier molecular flexibility index (Phi) is 5.03. The second kappa shape index (κ2) is 5.92. The molecule has 18 heavy (non-hydrogen) atoms. The predicted molar refractivity (Wildman–Crippen MR) is 77.5 cm³/mol. The van der Waals surface area contributed by atoms with Crippen LogP contribution in [-0.4, -0.2) is 23.2 Å². The Morgan fingerprint density at radius 1 is 1.61 bits per heavy atom. The van der Waals surface area contributed by atoms with Crippen molar-refractivity contribution < 1.29 is 4.79 Å². The van der Waals surface area contributed by atoms with E-state index in [9.17, 15) is 4.79 Å². The van der Waals surface area contributed by atoms with E-state index >= 15 is 0 Å². The molecule has 0 fully saturated rings. The smallest absolute Gasteiger partial charge is 0.241 e. The third-order valence-electron chi connectivity index (χ3n) is 3.75. The zero-order valence-corrected chi connectivity index (χ0v) is 12.7. The van der Waals surface area contributed by atoms with Crippen molar-refractivity contribution >= 4 is 17.5 Å². The lowest BCUT2D eigenvalue weighted by molar-refractivity contribution is -0.126. The van der Waals surface area contributed by atoms with Gasteiger partial charge < -0.3 is 4.90 Å². The van der Waals surface area contributed by atoms with Crippen molar-refractivity contribution in [3.05, 3.63) is 23.9 Å². The molecule has 0 aromatic carbocycles. The summed E-state index contributed by atoms with van der Waals surface area (Å²) < 4.78 is 0. The Hall–Kier alpha value is -0.760. The second-order valence-electron chi connectivity index (χ2n) is 6.00. The van der Waals surface area contributed by atoms with Crippen LogP contribution in [0.4, 0.5) is 0 Å². The van der Waals surface area contributed by atoms with Crippen molar-refractivity contribution in [2.24, 2.45) is 11.3 Å². The van der Waals surface area contributed by atoms with Crippen molar-refractivity contribution in [1.82, 2.24) is 4.90 Å². The summed E-state index contributed by atoms with van der Waals surface area (Å²) in [6.07, 6.45) is 3.86. The van der Waals surface area contributed by atoms with Crippen molar-refractivity contribution in [2.75, 3.05) is 12.4 Å². The first-order valence-corrected chi connectivity index (χ1v) is 7.02. The van der Waals surface area contributed by atoms with E-state index in [-0.39, 0.29) is 17.2 Å². The Morgan fingerprint density at radius 3 is 2.72 bits per heavy atom. The largest absolute Gasteiger partial charge is 0.311 e. The summed E-state index contributed by atoms with van der Waals surface area (Å²) in [5.41, 5.74) is 2.69. The Morgan fingerprint density at radius 2 is 2.22 bits per heavy atom. The van der Waals surface area contributed by atoms with Crippen LogP contribution in [0.1, 0.15) is 40.5 Å². The first kappa shape index (κ1) is 15.3. The van der Waals surface area contributed by atoms with Gasteiger partial charge in [-0.25, -0.2) is 0 Å². The molecule has 0 N–H and O–H groups in total. The number of amides is 1. The van der Waals surface area contributed by atoms with Crippen LogP contribution in [-0.2, 0) is 4.79 Å². The van der Waals surface area contributed by atoms with Gasteiger partial charge in [0.1, 0.15) is 5.88 Å². The third-order valence-corrected chi connectivity index (χ3v) is 3.98. The van der Waals surface area contributed by atoms with Gasteiger partial charge in [0.05, 0.1) is 0 Å². The molecule has 1 atom stereocenters. The molecule has 1 aliphatic rings. The zero-order chi connectivity index (χ0) is 13.9. The maximum absolute atomic E-state index is 12.0. The average Bonchev–Trinajstić information content (AvgIpc) is 2.29. The molecule has 0 spiro atoms. The number of rotatable bonds is 4. The minimum Gasteiger partial charge on any atom is -0.311 e. The second-order valence-corrected chi connectivity index (χ2v) is 6.27. The molecule has 1 rings (SSSR count). The topological polar surface area (TPSA) is 20.3 Å². The van der Waals surface area contributed by atoms with Gasteiger partial charge in [-0.15, -0.1) is 18.2 Å². The lowest BCUT2D eigenvalue weighted by atomic mass is 9.71. The van der Waals surface area contributed by atoms with E-state index in [2.05, 4.69) is 34.3 Å². The highest BCUT2D eigenvalue weighted by atomic mass is 35.5. The van der Waals surface area contributed by atoms with Gasteiger partial charge in [-0.05, 0) is 31.1 Å². The van der Waals surface area contributed by atoms with Crippen molar-refractivity contribution in [3.8, 4) is 0 Å². The standard InChI is InChI=1S/C15H24ClNO/c1-6-7-17(14(18)10-16)13-9-15(4,5)8-11(2)12(13)3/h6,11H,1,7-10H2,2-5H3. The van der Waals surface area contributed by atoms with Crippen LogP contribution >= 0.6 is 11.6 Å². The van der Waals surface area contributed by atoms with Gasteiger partial charge in [-0.1, -0.05) is 32.4 Å².